The van der Waals surface area contributed by atoms with Crippen LogP contribution in [-0.2, 0) is 11.8 Å². The summed E-state index contributed by atoms with van der Waals surface area (Å²) in [6, 6.07) is 7.06. The van der Waals surface area contributed by atoms with Crippen LogP contribution in [0.4, 0.5) is 15.9 Å². The minimum atomic E-state index is -0.768. The molecule has 0 aliphatic carbocycles. The quantitative estimate of drug-likeness (QED) is 0.376. The number of nitrogens with zero attached hydrogens (tertiary/aromatic N) is 6. The summed E-state index contributed by atoms with van der Waals surface area (Å²) < 4.78 is 23.5. The Balaban J connectivity index is 1.65. The van der Waals surface area contributed by atoms with Gasteiger partial charge in [0.25, 0.3) is 5.91 Å². The maximum absolute atomic E-state index is 15.2. The number of aromatic nitrogens is 5. The van der Waals surface area contributed by atoms with Crippen LogP contribution in [0.15, 0.2) is 48.5 Å². The molecule has 1 amide bonds. The number of aryl methyl sites for hydroxylation is 1. The molecule has 5 rings (SSSR count). The van der Waals surface area contributed by atoms with Crippen LogP contribution < -0.4 is 10.1 Å². The second kappa shape index (κ2) is 8.91. The Morgan fingerprint density at radius 2 is 2.00 bits per heavy atom. The number of nitrogens with one attached hydrogen (secondary N) is 1. The molecule has 0 radical (unpaired) electrons. The predicted octanol–water partition coefficient (Wildman–Crippen LogP) is 4.38. The number of amides is 1. The molecule has 0 aliphatic heterocycles. The van der Waals surface area contributed by atoms with E-state index in [2.05, 4.69) is 25.4 Å². The lowest BCUT2D eigenvalue weighted by Gasteiger charge is -2.20. The first kappa shape index (κ1) is 22.7. The Morgan fingerprint density at radius 3 is 2.74 bits per heavy atom. The van der Waals surface area contributed by atoms with E-state index in [9.17, 15) is 4.79 Å². The molecule has 11 heteroatoms. The fourth-order valence-corrected chi connectivity index (χ4v) is 4.53. The van der Waals surface area contributed by atoms with E-state index in [1.165, 1.54) is 22.6 Å². The molecule has 0 aliphatic rings. The van der Waals surface area contributed by atoms with E-state index in [-0.39, 0.29) is 11.6 Å². The molecular formula is C24H22FN7O2S. The average molecular weight is 492 g/mol. The van der Waals surface area contributed by atoms with Gasteiger partial charge in [-0.25, -0.2) is 19.3 Å². The second-order valence-electron chi connectivity index (χ2n) is 8.24. The van der Waals surface area contributed by atoms with Gasteiger partial charge in [0.1, 0.15) is 17.9 Å². The Hall–Kier alpha value is -4.12. The summed E-state index contributed by atoms with van der Waals surface area (Å²) in [5.74, 6) is 0.141. The van der Waals surface area contributed by atoms with Crippen LogP contribution >= 0.6 is 11.3 Å². The lowest BCUT2D eigenvalue weighted by molar-refractivity contribution is -0.135. The first-order valence-corrected chi connectivity index (χ1v) is 11.6. The predicted molar refractivity (Wildman–Crippen MR) is 133 cm³/mol. The van der Waals surface area contributed by atoms with Crippen LogP contribution in [-0.4, -0.2) is 55.7 Å². The molecule has 0 bridgehead atoms. The lowest BCUT2D eigenvalue weighted by atomic mass is 10.1. The molecule has 35 heavy (non-hydrogen) atoms. The van der Waals surface area contributed by atoms with Crippen LogP contribution in [0.2, 0.25) is 0 Å². The van der Waals surface area contributed by atoms with Gasteiger partial charge >= 0.3 is 0 Å². The van der Waals surface area contributed by atoms with Crippen molar-refractivity contribution < 1.29 is 13.9 Å². The van der Waals surface area contributed by atoms with Gasteiger partial charge in [-0.15, -0.1) is 11.3 Å². The number of likely N-dealkylation sites (N-methyl/N-ethyl adjacent to an activating group) is 1. The Labute approximate surface area is 204 Å². The van der Waals surface area contributed by atoms with Crippen molar-refractivity contribution in [1.82, 2.24) is 29.6 Å². The van der Waals surface area contributed by atoms with E-state index in [1.807, 2.05) is 25.4 Å². The molecule has 0 saturated carbocycles. The standard InChI is InChI=1S/C24H22FN7O2S/c1-13(24(33)31(2)3)34-19-8-14(15-9-29-32(4)10-15)7-18-20(19)23(27-11-26-18)30-16-5-6-17-22(21(16)25)35-12-28-17/h5-13H,1-4H3,(H,26,27,30)/t13-/m0/s1. The van der Waals surface area contributed by atoms with Crippen molar-refractivity contribution in [3.63, 3.8) is 0 Å². The SMILES string of the molecule is C[C@H](Oc1cc(-c2cnn(C)c2)cc2ncnc(Nc3ccc4ncsc4c3F)c12)C(=O)N(C)C. The molecule has 2 aromatic carbocycles. The van der Waals surface area contributed by atoms with Crippen molar-refractivity contribution >= 4 is 49.9 Å². The van der Waals surface area contributed by atoms with Gasteiger partial charge in [0.05, 0.1) is 38.5 Å². The highest BCUT2D eigenvalue weighted by atomic mass is 32.1. The number of carbonyl (C=O) groups excluding carboxylic acids is 1. The van der Waals surface area contributed by atoms with Crippen molar-refractivity contribution in [1.29, 1.82) is 0 Å². The number of rotatable bonds is 6. The molecule has 3 heterocycles. The number of benzene rings is 2. The zero-order chi connectivity index (χ0) is 24.7. The van der Waals surface area contributed by atoms with Gasteiger partial charge in [-0.1, -0.05) is 0 Å². The zero-order valence-corrected chi connectivity index (χ0v) is 20.3. The fourth-order valence-electron chi connectivity index (χ4n) is 3.80. The molecule has 9 nitrogen and oxygen atoms in total. The number of thiazole rings is 1. The van der Waals surface area contributed by atoms with Gasteiger partial charge in [0.2, 0.25) is 0 Å². The van der Waals surface area contributed by atoms with E-state index in [0.29, 0.717) is 32.7 Å². The van der Waals surface area contributed by atoms with E-state index in [1.54, 1.807) is 49.5 Å². The second-order valence-corrected chi connectivity index (χ2v) is 9.09. The summed E-state index contributed by atoms with van der Waals surface area (Å²) >= 11 is 1.23. The lowest BCUT2D eigenvalue weighted by Crippen LogP contribution is -2.35. The number of halogens is 1. The number of anilines is 2. The van der Waals surface area contributed by atoms with Gasteiger partial charge in [-0.3, -0.25) is 9.48 Å². The molecular weight excluding hydrogens is 469 g/mol. The number of ether oxygens (including phenoxy) is 1. The molecule has 0 spiro atoms. The summed E-state index contributed by atoms with van der Waals surface area (Å²) in [4.78, 5) is 27.0. The van der Waals surface area contributed by atoms with E-state index in [0.717, 1.165) is 11.1 Å². The van der Waals surface area contributed by atoms with E-state index >= 15 is 4.39 Å². The first-order chi connectivity index (χ1) is 16.8. The molecule has 1 atom stereocenters. The minimum absolute atomic E-state index is 0.196. The van der Waals surface area contributed by atoms with E-state index < -0.39 is 11.9 Å². The van der Waals surface area contributed by atoms with Gasteiger partial charge in [-0.2, -0.15) is 5.10 Å². The summed E-state index contributed by atoms with van der Waals surface area (Å²) in [7, 11) is 5.17. The van der Waals surface area contributed by atoms with Crippen molar-refractivity contribution in [2.75, 3.05) is 19.4 Å². The molecule has 0 saturated heterocycles. The first-order valence-electron chi connectivity index (χ1n) is 10.8. The molecule has 178 valence electrons. The third kappa shape index (κ3) is 4.26. The number of hydrogen-bond donors (Lipinski definition) is 1. The van der Waals surface area contributed by atoms with Crippen molar-refractivity contribution in [3.05, 3.63) is 54.3 Å². The van der Waals surface area contributed by atoms with Crippen molar-refractivity contribution in [2.45, 2.75) is 13.0 Å². The molecule has 3 aromatic heterocycles. The van der Waals surface area contributed by atoms with Gasteiger partial charge in [0, 0.05) is 32.9 Å². The third-order valence-corrected chi connectivity index (χ3v) is 6.36. The summed E-state index contributed by atoms with van der Waals surface area (Å²) in [6.45, 7) is 1.68. The Morgan fingerprint density at radius 1 is 1.17 bits per heavy atom. The van der Waals surface area contributed by atoms with Gasteiger partial charge in [-0.05, 0) is 36.8 Å². The number of carbonyl (C=O) groups is 1. The van der Waals surface area contributed by atoms with E-state index in [4.69, 9.17) is 4.74 Å². The fraction of sp³-hybridized carbons (Fsp3) is 0.208. The monoisotopic (exact) mass is 491 g/mol. The highest BCUT2D eigenvalue weighted by Crippen LogP contribution is 2.38. The highest BCUT2D eigenvalue weighted by Gasteiger charge is 2.21. The Kier molecular flexibility index (Phi) is 5.77. The Bertz CT molecular complexity index is 1560. The molecule has 1 N–H and O–H groups in total. The van der Waals surface area contributed by atoms with Crippen LogP contribution in [0, 0.1) is 5.82 Å². The largest absolute Gasteiger partial charge is 0.480 e. The highest BCUT2D eigenvalue weighted by molar-refractivity contribution is 7.16. The summed E-state index contributed by atoms with van der Waals surface area (Å²) in [5.41, 5.74) is 4.69. The third-order valence-electron chi connectivity index (χ3n) is 5.52. The topological polar surface area (TPSA) is 98.1 Å². The number of fused-ring (bicyclic) bond motifs is 2. The number of hydrogen-bond acceptors (Lipinski definition) is 8. The van der Waals surface area contributed by atoms with Crippen LogP contribution in [0.1, 0.15) is 6.92 Å². The summed E-state index contributed by atoms with van der Waals surface area (Å²) in [6.07, 6.45) is 4.24. The smallest absolute Gasteiger partial charge is 0.262 e. The van der Waals surface area contributed by atoms with Crippen molar-refractivity contribution in [2.24, 2.45) is 7.05 Å². The molecule has 0 unspecified atom stereocenters. The van der Waals surface area contributed by atoms with Gasteiger partial charge in [0.15, 0.2) is 11.9 Å². The zero-order valence-electron chi connectivity index (χ0n) is 19.5. The molecule has 5 aromatic rings. The maximum Gasteiger partial charge on any atom is 0.262 e. The van der Waals surface area contributed by atoms with Crippen LogP contribution in [0.3, 0.4) is 0 Å². The minimum Gasteiger partial charge on any atom is -0.480 e. The average Bonchev–Trinajstić information content (AvgIpc) is 3.49. The normalized spacial score (nSPS) is 12.1. The van der Waals surface area contributed by atoms with Gasteiger partial charge < -0.3 is 15.0 Å². The van der Waals surface area contributed by atoms with Crippen LogP contribution in [0.25, 0.3) is 32.2 Å². The van der Waals surface area contributed by atoms with Crippen molar-refractivity contribution in [3.8, 4) is 16.9 Å². The maximum atomic E-state index is 15.2. The van der Waals surface area contributed by atoms with Crippen LogP contribution in [0.5, 0.6) is 5.75 Å². The summed E-state index contributed by atoms with van der Waals surface area (Å²) in [5, 5.41) is 7.86. The molecule has 0 fully saturated rings.